The second kappa shape index (κ2) is 4.84. The molecule has 0 aromatic carbocycles. The molecular formula is C9H20. The monoisotopic (exact) mass is 128 g/mol. The van der Waals surface area contributed by atoms with Crippen LogP contribution in [0.4, 0.5) is 0 Å². The Bertz CT molecular complexity index is 51.1. The Morgan fingerprint density at radius 2 is 1.67 bits per heavy atom. The summed E-state index contributed by atoms with van der Waals surface area (Å²) in [6, 6.07) is 0. The average molecular weight is 128 g/mol. The second-order valence-electron chi connectivity index (χ2n) is 2.91. The topological polar surface area (TPSA) is 0 Å². The van der Waals surface area contributed by atoms with Crippen LogP contribution in [-0.2, 0) is 0 Å². The highest BCUT2D eigenvalue weighted by molar-refractivity contribution is 4.63. The molecule has 1 aliphatic rings. The largest absolute Gasteiger partial charge is 0.0776 e. The van der Waals surface area contributed by atoms with Crippen molar-refractivity contribution in [2.75, 3.05) is 0 Å². The van der Waals surface area contributed by atoms with Gasteiger partial charge in [0.15, 0.2) is 0 Å². The highest BCUT2D eigenvalue weighted by atomic mass is 14.2. The minimum Gasteiger partial charge on any atom is -0.0776 e. The van der Waals surface area contributed by atoms with Gasteiger partial charge in [0.25, 0.3) is 0 Å². The SMILES string of the molecule is C.CCC1CCCCC1. The van der Waals surface area contributed by atoms with E-state index in [2.05, 4.69) is 6.92 Å². The Kier molecular flexibility index (Phi) is 4.84. The summed E-state index contributed by atoms with van der Waals surface area (Å²) in [4.78, 5) is 0. The Morgan fingerprint density at radius 1 is 1.11 bits per heavy atom. The molecule has 0 aromatic heterocycles. The number of hydrogen-bond donors (Lipinski definition) is 0. The van der Waals surface area contributed by atoms with Crippen LogP contribution in [0.5, 0.6) is 0 Å². The van der Waals surface area contributed by atoms with E-state index in [1.807, 2.05) is 0 Å². The molecule has 0 atom stereocenters. The standard InChI is InChI=1S/C8H16.CH4/c1-2-8-6-4-3-5-7-8;/h8H,2-7H2,1H3;1H4. The predicted octanol–water partition coefficient (Wildman–Crippen LogP) is 3.61. The molecule has 0 spiro atoms. The van der Waals surface area contributed by atoms with Crippen molar-refractivity contribution < 1.29 is 0 Å². The van der Waals surface area contributed by atoms with Crippen LogP contribution in [0.3, 0.4) is 0 Å². The second-order valence-corrected chi connectivity index (χ2v) is 2.91. The van der Waals surface area contributed by atoms with Gasteiger partial charge in [-0.05, 0) is 5.92 Å². The summed E-state index contributed by atoms with van der Waals surface area (Å²) in [6.07, 6.45) is 8.93. The van der Waals surface area contributed by atoms with Gasteiger partial charge in [0, 0.05) is 0 Å². The lowest BCUT2D eigenvalue weighted by molar-refractivity contribution is 0.349. The van der Waals surface area contributed by atoms with E-state index < -0.39 is 0 Å². The van der Waals surface area contributed by atoms with Crippen LogP contribution in [0.1, 0.15) is 52.9 Å². The fourth-order valence-electron chi connectivity index (χ4n) is 1.60. The fourth-order valence-corrected chi connectivity index (χ4v) is 1.60. The Labute approximate surface area is 59.7 Å². The third-order valence-electron chi connectivity index (χ3n) is 2.30. The molecule has 0 amide bonds. The first-order valence-electron chi connectivity index (χ1n) is 3.93. The first kappa shape index (κ1) is 9.00. The quantitative estimate of drug-likeness (QED) is 0.506. The normalized spacial score (nSPS) is 21.0. The lowest BCUT2D eigenvalue weighted by atomic mass is 9.88. The molecule has 0 radical (unpaired) electrons. The van der Waals surface area contributed by atoms with Crippen molar-refractivity contribution in [3.8, 4) is 0 Å². The third-order valence-corrected chi connectivity index (χ3v) is 2.30. The van der Waals surface area contributed by atoms with Crippen LogP contribution in [0.25, 0.3) is 0 Å². The molecule has 0 bridgehead atoms. The zero-order valence-corrected chi connectivity index (χ0v) is 5.82. The van der Waals surface area contributed by atoms with Crippen molar-refractivity contribution in [2.45, 2.75) is 52.9 Å². The maximum absolute atomic E-state index is 2.32. The summed E-state index contributed by atoms with van der Waals surface area (Å²) in [6.45, 7) is 2.32. The van der Waals surface area contributed by atoms with E-state index in [1.165, 1.54) is 38.5 Å². The number of hydrogen-bond acceptors (Lipinski definition) is 0. The average Bonchev–Trinajstić information content (AvgIpc) is 1.90. The summed E-state index contributed by atoms with van der Waals surface area (Å²) in [5, 5.41) is 0. The van der Waals surface area contributed by atoms with Crippen molar-refractivity contribution in [3.63, 3.8) is 0 Å². The van der Waals surface area contributed by atoms with E-state index in [1.54, 1.807) is 0 Å². The van der Waals surface area contributed by atoms with E-state index in [4.69, 9.17) is 0 Å². The summed E-state index contributed by atoms with van der Waals surface area (Å²) >= 11 is 0. The summed E-state index contributed by atoms with van der Waals surface area (Å²) in [5.41, 5.74) is 0. The van der Waals surface area contributed by atoms with Crippen LogP contribution < -0.4 is 0 Å². The highest BCUT2D eigenvalue weighted by Crippen LogP contribution is 2.25. The highest BCUT2D eigenvalue weighted by Gasteiger charge is 2.09. The smallest absolute Gasteiger partial charge is 0.0417 e. The zero-order chi connectivity index (χ0) is 5.82. The Morgan fingerprint density at radius 3 is 2.00 bits per heavy atom. The Hall–Kier alpha value is 0. The van der Waals surface area contributed by atoms with E-state index in [-0.39, 0.29) is 7.43 Å². The van der Waals surface area contributed by atoms with Crippen LogP contribution in [0, 0.1) is 5.92 Å². The molecule has 1 fully saturated rings. The summed E-state index contributed by atoms with van der Waals surface area (Å²) in [5.74, 6) is 1.09. The van der Waals surface area contributed by atoms with Crippen LogP contribution in [-0.4, -0.2) is 0 Å². The van der Waals surface area contributed by atoms with Gasteiger partial charge in [-0.25, -0.2) is 0 Å². The molecule has 0 unspecified atom stereocenters. The molecule has 1 saturated carbocycles. The van der Waals surface area contributed by atoms with Gasteiger partial charge in [-0.1, -0.05) is 52.9 Å². The first-order valence-corrected chi connectivity index (χ1v) is 3.93. The molecule has 0 N–H and O–H groups in total. The maximum atomic E-state index is 2.32. The lowest BCUT2D eigenvalue weighted by Crippen LogP contribution is -2.03. The molecule has 0 aromatic rings. The van der Waals surface area contributed by atoms with E-state index >= 15 is 0 Å². The van der Waals surface area contributed by atoms with Gasteiger partial charge in [-0.3, -0.25) is 0 Å². The van der Waals surface area contributed by atoms with Gasteiger partial charge in [0.2, 0.25) is 0 Å². The first-order chi connectivity index (χ1) is 3.93. The van der Waals surface area contributed by atoms with Crippen molar-refractivity contribution in [1.29, 1.82) is 0 Å². The molecule has 0 heteroatoms. The van der Waals surface area contributed by atoms with Gasteiger partial charge in [-0.2, -0.15) is 0 Å². The fraction of sp³-hybridized carbons (Fsp3) is 1.00. The van der Waals surface area contributed by atoms with Gasteiger partial charge < -0.3 is 0 Å². The van der Waals surface area contributed by atoms with Crippen LogP contribution in [0.15, 0.2) is 0 Å². The molecule has 1 aliphatic carbocycles. The van der Waals surface area contributed by atoms with Crippen molar-refractivity contribution in [3.05, 3.63) is 0 Å². The zero-order valence-electron chi connectivity index (χ0n) is 5.82. The Balaban J connectivity index is 0.000000640. The van der Waals surface area contributed by atoms with Gasteiger partial charge >= 0.3 is 0 Å². The van der Waals surface area contributed by atoms with Gasteiger partial charge in [0.1, 0.15) is 0 Å². The maximum Gasteiger partial charge on any atom is -0.0417 e. The molecular weight excluding hydrogens is 108 g/mol. The van der Waals surface area contributed by atoms with Crippen LogP contribution in [0.2, 0.25) is 0 Å². The van der Waals surface area contributed by atoms with Crippen LogP contribution >= 0.6 is 0 Å². The minimum atomic E-state index is 0. The summed E-state index contributed by atoms with van der Waals surface area (Å²) in [7, 11) is 0. The van der Waals surface area contributed by atoms with E-state index in [0.717, 1.165) is 5.92 Å². The third kappa shape index (κ3) is 2.88. The van der Waals surface area contributed by atoms with Crippen molar-refractivity contribution in [1.82, 2.24) is 0 Å². The molecule has 9 heavy (non-hydrogen) atoms. The van der Waals surface area contributed by atoms with Gasteiger partial charge in [-0.15, -0.1) is 0 Å². The van der Waals surface area contributed by atoms with Gasteiger partial charge in [0.05, 0.1) is 0 Å². The molecule has 0 saturated heterocycles. The molecule has 0 heterocycles. The van der Waals surface area contributed by atoms with Crippen molar-refractivity contribution >= 4 is 0 Å². The number of rotatable bonds is 1. The lowest BCUT2D eigenvalue weighted by Gasteiger charge is -2.18. The molecule has 56 valence electrons. The molecule has 0 aliphatic heterocycles. The van der Waals surface area contributed by atoms with Crippen molar-refractivity contribution in [2.24, 2.45) is 5.92 Å². The van der Waals surface area contributed by atoms with E-state index in [9.17, 15) is 0 Å². The molecule has 1 rings (SSSR count). The summed E-state index contributed by atoms with van der Waals surface area (Å²) < 4.78 is 0. The predicted molar refractivity (Wildman–Crippen MR) is 43.6 cm³/mol. The van der Waals surface area contributed by atoms with E-state index in [0.29, 0.717) is 0 Å². The minimum absolute atomic E-state index is 0. The molecule has 0 nitrogen and oxygen atoms in total.